The summed E-state index contributed by atoms with van der Waals surface area (Å²) in [4.78, 5) is 12.3. The Morgan fingerprint density at radius 3 is 2.26 bits per heavy atom. The zero-order valence-corrected chi connectivity index (χ0v) is 15.7. The van der Waals surface area contributed by atoms with Crippen LogP contribution in [0.2, 0.25) is 0 Å². The van der Waals surface area contributed by atoms with E-state index in [2.05, 4.69) is 10.0 Å². The van der Waals surface area contributed by atoms with Gasteiger partial charge in [0.05, 0.1) is 4.90 Å². The predicted octanol–water partition coefficient (Wildman–Crippen LogP) is 3.73. The zero-order chi connectivity index (χ0) is 19.3. The third kappa shape index (κ3) is 4.95. The van der Waals surface area contributed by atoms with Crippen LogP contribution in [0, 0.1) is 6.92 Å². The Bertz CT molecular complexity index is 1030. The van der Waals surface area contributed by atoms with Crippen molar-refractivity contribution in [1.29, 1.82) is 0 Å². The fourth-order valence-corrected chi connectivity index (χ4v) is 3.64. The van der Waals surface area contributed by atoms with Gasteiger partial charge in [-0.05, 0) is 54.4 Å². The van der Waals surface area contributed by atoms with Gasteiger partial charge in [0.25, 0.3) is 15.9 Å². The van der Waals surface area contributed by atoms with Gasteiger partial charge < -0.3 is 5.32 Å². The first-order chi connectivity index (χ1) is 12.9. The predicted molar refractivity (Wildman–Crippen MR) is 106 cm³/mol. The molecule has 1 amide bonds. The van der Waals surface area contributed by atoms with Gasteiger partial charge in [-0.3, -0.25) is 9.52 Å². The Hall–Kier alpha value is -3.12. The summed E-state index contributed by atoms with van der Waals surface area (Å²) in [7, 11) is -3.71. The molecule has 0 spiro atoms. The summed E-state index contributed by atoms with van der Waals surface area (Å²) in [5.74, 6) is -0.255. The maximum Gasteiger partial charge on any atom is 0.261 e. The molecule has 3 aromatic carbocycles. The number of amides is 1. The van der Waals surface area contributed by atoms with Crippen LogP contribution in [0.3, 0.4) is 0 Å². The monoisotopic (exact) mass is 380 g/mol. The number of nitrogens with one attached hydrogen (secondary N) is 2. The topological polar surface area (TPSA) is 75.3 Å². The second-order valence-electron chi connectivity index (χ2n) is 6.17. The lowest BCUT2D eigenvalue weighted by molar-refractivity contribution is 0.0951. The fourth-order valence-electron chi connectivity index (χ4n) is 2.59. The van der Waals surface area contributed by atoms with E-state index in [9.17, 15) is 13.2 Å². The molecule has 0 atom stereocenters. The molecule has 0 bridgehead atoms. The molecule has 2 N–H and O–H groups in total. The minimum absolute atomic E-state index is 0.101. The number of rotatable bonds is 6. The number of hydrogen-bond acceptors (Lipinski definition) is 3. The molecule has 0 unspecified atom stereocenters. The molecular weight excluding hydrogens is 360 g/mol. The minimum atomic E-state index is -3.71. The summed E-state index contributed by atoms with van der Waals surface area (Å²) in [5.41, 5.74) is 2.85. The smallest absolute Gasteiger partial charge is 0.261 e. The fraction of sp³-hybridized carbons (Fsp3) is 0.0952. The van der Waals surface area contributed by atoms with Crippen LogP contribution >= 0.6 is 0 Å². The van der Waals surface area contributed by atoms with Crippen LogP contribution in [0.1, 0.15) is 21.5 Å². The van der Waals surface area contributed by atoms with Crippen molar-refractivity contribution in [3.05, 3.63) is 95.6 Å². The van der Waals surface area contributed by atoms with Crippen LogP contribution in [0.4, 0.5) is 5.69 Å². The van der Waals surface area contributed by atoms with Crippen molar-refractivity contribution in [3.63, 3.8) is 0 Å². The molecule has 3 aromatic rings. The number of aryl methyl sites for hydroxylation is 1. The molecule has 0 aliphatic rings. The van der Waals surface area contributed by atoms with Crippen molar-refractivity contribution in [2.45, 2.75) is 18.4 Å². The molecule has 138 valence electrons. The lowest BCUT2D eigenvalue weighted by Gasteiger charge is -2.10. The summed E-state index contributed by atoms with van der Waals surface area (Å²) in [6.07, 6.45) is 0. The molecular formula is C21H20N2O3S. The molecule has 0 saturated carbocycles. The molecule has 0 radical (unpaired) electrons. The van der Waals surface area contributed by atoms with Crippen LogP contribution in [0.5, 0.6) is 0 Å². The molecule has 5 nitrogen and oxygen atoms in total. The summed E-state index contributed by atoms with van der Waals surface area (Å²) in [6, 6.07) is 22.5. The Kier molecular flexibility index (Phi) is 5.57. The maximum absolute atomic E-state index is 12.5. The molecule has 0 aliphatic heterocycles. The van der Waals surface area contributed by atoms with Crippen LogP contribution in [0.15, 0.2) is 83.8 Å². The third-order valence-corrected chi connectivity index (χ3v) is 5.39. The van der Waals surface area contributed by atoms with Gasteiger partial charge in [0.15, 0.2) is 0 Å². The van der Waals surface area contributed by atoms with Gasteiger partial charge in [-0.1, -0.05) is 42.5 Å². The van der Waals surface area contributed by atoms with Gasteiger partial charge in [-0.2, -0.15) is 0 Å². The van der Waals surface area contributed by atoms with E-state index in [0.29, 0.717) is 17.8 Å². The molecule has 0 heterocycles. The van der Waals surface area contributed by atoms with Crippen molar-refractivity contribution >= 4 is 21.6 Å². The quantitative estimate of drug-likeness (QED) is 0.684. The number of sulfonamides is 1. The summed E-state index contributed by atoms with van der Waals surface area (Å²) >= 11 is 0. The van der Waals surface area contributed by atoms with E-state index in [1.165, 1.54) is 24.3 Å². The second kappa shape index (κ2) is 8.05. The van der Waals surface area contributed by atoms with E-state index < -0.39 is 10.0 Å². The first-order valence-corrected chi connectivity index (χ1v) is 9.94. The van der Waals surface area contributed by atoms with E-state index in [1.807, 2.05) is 43.3 Å². The maximum atomic E-state index is 12.5. The van der Waals surface area contributed by atoms with Crippen molar-refractivity contribution in [2.24, 2.45) is 0 Å². The standard InChI is InChI=1S/C21H20N2O3S/c1-16-6-5-9-19(14-16)23-27(25,26)20-12-10-18(11-13-20)21(24)22-15-17-7-3-2-4-8-17/h2-14,23H,15H2,1H3,(H,22,24). The summed E-state index contributed by atoms with van der Waals surface area (Å²) < 4.78 is 27.5. The Balaban J connectivity index is 1.67. The molecule has 6 heteroatoms. The van der Waals surface area contributed by atoms with E-state index in [-0.39, 0.29) is 10.8 Å². The van der Waals surface area contributed by atoms with E-state index in [4.69, 9.17) is 0 Å². The van der Waals surface area contributed by atoms with Gasteiger partial charge in [-0.15, -0.1) is 0 Å². The molecule has 0 fully saturated rings. The summed E-state index contributed by atoms with van der Waals surface area (Å²) in [5, 5.41) is 2.82. The first-order valence-electron chi connectivity index (χ1n) is 8.46. The Morgan fingerprint density at radius 1 is 0.889 bits per heavy atom. The number of benzene rings is 3. The number of hydrogen-bond donors (Lipinski definition) is 2. The van der Waals surface area contributed by atoms with E-state index >= 15 is 0 Å². The van der Waals surface area contributed by atoms with Gasteiger partial charge >= 0.3 is 0 Å². The van der Waals surface area contributed by atoms with Crippen molar-refractivity contribution in [3.8, 4) is 0 Å². The highest BCUT2D eigenvalue weighted by Crippen LogP contribution is 2.17. The lowest BCUT2D eigenvalue weighted by atomic mass is 10.2. The van der Waals surface area contributed by atoms with Crippen LogP contribution < -0.4 is 10.0 Å². The van der Waals surface area contributed by atoms with Crippen LogP contribution in [-0.4, -0.2) is 14.3 Å². The van der Waals surface area contributed by atoms with Gasteiger partial charge in [0, 0.05) is 17.8 Å². The first kappa shape index (κ1) is 18.7. The lowest BCUT2D eigenvalue weighted by Crippen LogP contribution is -2.22. The average molecular weight is 380 g/mol. The molecule has 0 aromatic heterocycles. The van der Waals surface area contributed by atoms with E-state index in [1.54, 1.807) is 18.2 Å². The highest BCUT2D eigenvalue weighted by molar-refractivity contribution is 7.92. The highest BCUT2D eigenvalue weighted by atomic mass is 32.2. The molecule has 0 aliphatic carbocycles. The largest absolute Gasteiger partial charge is 0.348 e. The minimum Gasteiger partial charge on any atom is -0.348 e. The zero-order valence-electron chi connectivity index (χ0n) is 14.8. The number of carbonyl (C=O) groups excluding carboxylic acids is 1. The van der Waals surface area contributed by atoms with Gasteiger partial charge in [-0.25, -0.2) is 8.42 Å². The Labute approximate surface area is 159 Å². The number of anilines is 1. The van der Waals surface area contributed by atoms with Crippen LogP contribution in [-0.2, 0) is 16.6 Å². The molecule has 3 rings (SSSR count). The normalized spacial score (nSPS) is 11.0. The molecule has 0 saturated heterocycles. The average Bonchev–Trinajstić information content (AvgIpc) is 2.67. The van der Waals surface area contributed by atoms with E-state index in [0.717, 1.165) is 11.1 Å². The van der Waals surface area contributed by atoms with Crippen molar-refractivity contribution in [1.82, 2.24) is 5.32 Å². The van der Waals surface area contributed by atoms with Gasteiger partial charge in [0.1, 0.15) is 0 Å². The highest BCUT2D eigenvalue weighted by Gasteiger charge is 2.15. The molecule has 27 heavy (non-hydrogen) atoms. The SMILES string of the molecule is Cc1cccc(NS(=O)(=O)c2ccc(C(=O)NCc3ccccc3)cc2)c1. The van der Waals surface area contributed by atoms with Crippen molar-refractivity contribution < 1.29 is 13.2 Å². The number of carbonyl (C=O) groups is 1. The second-order valence-corrected chi connectivity index (χ2v) is 7.85. The van der Waals surface area contributed by atoms with Crippen molar-refractivity contribution in [2.75, 3.05) is 4.72 Å². The van der Waals surface area contributed by atoms with Crippen LogP contribution in [0.25, 0.3) is 0 Å². The summed E-state index contributed by atoms with van der Waals surface area (Å²) in [6.45, 7) is 2.30. The third-order valence-electron chi connectivity index (χ3n) is 3.99. The Morgan fingerprint density at radius 2 is 1.59 bits per heavy atom. The van der Waals surface area contributed by atoms with Gasteiger partial charge in [0.2, 0.25) is 0 Å².